The van der Waals surface area contributed by atoms with E-state index in [0.29, 0.717) is 16.3 Å². The molecule has 1 saturated heterocycles. The van der Waals surface area contributed by atoms with Crippen molar-refractivity contribution >= 4 is 35.0 Å². The molecule has 0 spiro atoms. The Hall–Kier alpha value is -2.58. The molecule has 0 radical (unpaired) electrons. The van der Waals surface area contributed by atoms with Gasteiger partial charge in [-0.3, -0.25) is 4.79 Å². The van der Waals surface area contributed by atoms with Gasteiger partial charge in [0, 0.05) is 30.7 Å². The summed E-state index contributed by atoms with van der Waals surface area (Å²) in [5, 5.41) is 3.35. The normalized spacial score (nSPS) is 15.0. The zero-order valence-corrected chi connectivity index (χ0v) is 16.7. The van der Waals surface area contributed by atoms with Gasteiger partial charge in [-0.2, -0.15) is 0 Å². The largest absolute Gasteiger partial charge is 0.449 e. The molecule has 3 rings (SSSR count). The first-order valence-electron chi connectivity index (χ1n) is 9.02. The summed E-state index contributed by atoms with van der Waals surface area (Å²) in [7, 11) is 0. The predicted octanol–water partition coefficient (Wildman–Crippen LogP) is 2.82. The lowest BCUT2D eigenvalue weighted by Gasteiger charge is -2.28. The number of morpholine rings is 1. The van der Waals surface area contributed by atoms with E-state index in [1.807, 2.05) is 30.5 Å². The quantitative estimate of drug-likeness (QED) is 0.589. The second-order valence-corrected chi connectivity index (χ2v) is 7.04. The number of hydrogen-bond donors (Lipinski definition) is 1. The number of ether oxygens (including phenoxy) is 2. The molecule has 148 valence electrons. The summed E-state index contributed by atoms with van der Waals surface area (Å²) < 4.78 is 10.7. The monoisotopic (exact) mass is 401 g/mol. The predicted molar refractivity (Wildman–Crippen MR) is 109 cm³/mol. The van der Waals surface area contributed by atoms with Crippen LogP contribution in [-0.2, 0) is 14.3 Å². The van der Waals surface area contributed by atoms with Gasteiger partial charge in [-0.05, 0) is 49.6 Å². The van der Waals surface area contributed by atoms with Crippen molar-refractivity contribution in [3.05, 3.63) is 48.2 Å². The van der Waals surface area contributed by atoms with Crippen LogP contribution in [0.4, 0.5) is 11.4 Å². The number of nitrogens with zero attached hydrogens (tertiary/aromatic N) is 2. The van der Waals surface area contributed by atoms with Crippen LogP contribution in [0.1, 0.15) is 17.3 Å². The number of pyridine rings is 1. The average Bonchev–Trinajstić information content (AvgIpc) is 2.74. The Labute approximate surface area is 168 Å². The SMILES string of the molecule is CSc1ncccc1C(=O)OC(C)C(=O)Nc1ccc(N2CCOCC2)cc1. The van der Waals surface area contributed by atoms with E-state index in [1.54, 1.807) is 25.3 Å². The lowest BCUT2D eigenvalue weighted by Crippen LogP contribution is -2.36. The van der Waals surface area contributed by atoms with E-state index in [4.69, 9.17) is 9.47 Å². The lowest BCUT2D eigenvalue weighted by atomic mass is 10.2. The van der Waals surface area contributed by atoms with Crippen LogP contribution in [0.3, 0.4) is 0 Å². The molecular formula is C20H23N3O4S. The third kappa shape index (κ3) is 5.02. The molecule has 1 fully saturated rings. The molecule has 1 aromatic carbocycles. The molecule has 2 aromatic rings. The van der Waals surface area contributed by atoms with Gasteiger partial charge < -0.3 is 19.7 Å². The van der Waals surface area contributed by atoms with E-state index in [2.05, 4.69) is 15.2 Å². The van der Waals surface area contributed by atoms with Crippen LogP contribution in [0.25, 0.3) is 0 Å². The highest BCUT2D eigenvalue weighted by atomic mass is 32.2. The summed E-state index contributed by atoms with van der Waals surface area (Å²) >= 11 is 1.35. The van der Waals surface area contributed by atoms with Gasteiger partial charge in [0.1, 0.15) is 5.03 Å². The highest BCUT2D eigenvalue weighted by molar-refractivity contribution is 7.98. The molecule has 7 nitrogen and oxygen atoms in total. The van der Waals surface area contributed by atoms with Crippen LogP contribution in [0.15, 0.2) is 47.6 Å². The molecular weight excluding hydrogens is 378 g/mol. The van der Waals surface area contributed by atoms with E-state index < -0.39 is 12.1 Å². The van der Waals surface area contributed by atoms with Gasteiger partial charge in [-0.15, -0.1) is 11.8 Å². The van der Waals surface area contributed by atoms with Crippen LogP contribution in [0.2, 0.25) is 0 Å². The Morgan fingerprint density at radius 2 is 1.93 bits per heavy atom. The molecule has 1 aliphatic heterocycles. The van der Waals surface area contributed by atoms with Gasteiger partial charge in [0.2, 0.25) is 0 Å². The first-order valence-corrected chi connectivity index (χ1v) is 10.2. The molecule has 8 heteroatoms. The fourth-order valence-corrected chi connectivity index (χ4v) is 3.34. The van der Waals surface area contributed by atoms with Crippen molar-refractivity contribution in [1.82, 2.24) is 4.98 Å². The van der Waals surface area contributed by atoms with Crippen LogP contribution in [0, 0.1) is 0 Å². The minimum atomic E-state index is -0.929. The second kappa shape index (κ2) is 9.57. The molecule has 0 aliphatic carbocycles. The topological polar surface area (TPSA) is 80.8 Å². The van der Waals surface area contributed by atoms with Gasteiger partial charge in [0.25, 0.3) is 5.91 Å². The molecule has 2 heterocycles. The average molecular weight is 401 g/mol. The molecule has 0 bridgehead atoms. The summed E-state index contributed by atoms with van der Waals surface area (Å²) in [4.78, 5) is 31.1. The van der Waals surface area contributed by atoms with Crippen molar-refractivity contribution in [1.29, 1.82) is 0 Å². The Morgan fingerprint density at radius 3 is 2.61 bits per heavy atom. The van der Waals surface area contributed by atoms with E-state index in [1.165, 1.54) is 11.8 Å². The number of benzene rings is 1. The number of hydrogen-bond acceptors (Lipinski definition) is 7. The Balaban J connectivity index is 1.57. The number of rotatable bonds is 6. The van der Waals surface area contributed by atoms with Crippen molar-refractivity contribution in [3.8, 4) is 0 Å². The lowest BCUT2D eigenvalue weighted by molar-refractivity contribution is -0.123. The summed E-state index contributed by atoms with van der Waals surface area (Å²) in [5.41, 5.74) is 2.09. The van der Waals surface area contributed by atoms with Crippen molar-refractivity contribution in [2.75, 3.05) is 42.8 Å². The van der Waals surface area contributed by atoms with Crippen molar-refractivity contribution < 1.29 is 19.1 Å². The number of carbonyl (C=O) groups is 2. The van der Waals surface area contributed by atoms with Crippen molar-refractivity contribution in [3.63, 3.8) is 0 Å². The number of anilines is 2. The molecule has 1 aromatic heterocycles. The number of thioether (sulfide) groups is 1. The molecule has 28 heavy (non-hydrogen) atoms. The third-order valence-corrected chi connectivity index (χ3v) is 5.06. The van der Waals surface area contributed by atoms with Crippen LogP contribution in [-0.4, -0.2) is 55.5 Å². The molecule has 1 unspecified atom stereocenters. The number of esters is 1. The zero-order chi connectivity index (χ0) is 19.9. The van der Waals surface area contributed by atoms with Gasteiger partial charge in [0.15, 0.2) is 6.10 Å². The fourth-order valence-electron chi connectivity index (χ4n) is 2.81. The minimum Gasteiger partial charge on any atom is -0.449 e. The van der Waals surface area contributed by atoms with E-state index in [0.717, 1.165) is 32.0 Å². The molecule has 1 N–H and O–H groups in total. The Bertz CT molecular complexity index is 822. The summed E-state index contributed by atoms with van der Waals surface area (Å²) in [6.45, 7) is 4.69. The van der Waals surface area contributed by atoms with E-state index in [9.17, 15) is 9.59 Å². The standard InChI is InChI=1S/C20H23N3O4S/c1-14(27-20(25)17-4-3-9-21-19(17)28-2)18(24)22-15-5-7-16(8-6-15)23-10-12-26-13-11-23/h3-9,14H,10-13H2,1-2H3,(H,22,24). The van der Waals surface area contributed by atoms with Gasteiger partial charge >= 0.3 is 5.97 Å². The Morgan fingerprint density at radius 1 is 1.21 bits per heavy atom. The first kappa shape index (κ1) is 20.2. The van der Waals surface area contributed by atoms with Crippen LogP contribution >= 0.6 is 11.8 Å². The van der Waals surface area contributed by atoms with Crippen molar-refractivity contribution in [2.24, 2.45) is 0 Å². The fraction of sp³-hybridized carbons (Fsp3) is 0.350. The molecule has 1 atom stereocenters. The maximum Gasteiger partial charge on any atom is 0.341 e. The smallest absolute Gasteiger partial charge is 0.341 e. The second-order valence-electron chi connectivity index (χ2n) is 6.24. The summed E-state index contributed by atoms with van der Waals surface area (Å²) in [6, 6.07) is 10.9. The highest BCUT2D eigenvalue weighted by Gasteiger charge is 2.21. The van der Waals surface area contributed by atoms with Crippen molar-refractivity contribution in [2.45, 2.75) is 18.1 Å². The number of amides is 1. The third-order valence-electron chi connectivity index (χ3n) is 4.35. The summed E-state index contributed by atoms with van der Waals surface area (Å²) in [5.74, 6) is -0.954. The number of carbonyl (C=O) groups excluding carboxylic acids is 2. The first-order chi connectivity index (χ1) is 13.6. The zero-order valence-electron chi connectivity index (χ0n) is 15.9. The van der Waals surface area contributed by atoms with Crippen LogP contribution < -0.4 is 10.2 Å². The number of nitrogens with one attached hydrogen (secondary N) is 1. The van der Waals surface area contributed by atoms with E-state index in [-0.39, 0.29) is 5.91 Å². The maximum absolute atomic E-state index is 12.4. The van der Waals surface area contributed by atoms with Gasteiger partial charge in [0.05, 0.1) is 18.8 Å². The summed E-state index contributed by atoms with van der Waals surface area (Å²) in [6.07, 6.45) is 2.51. The van der Waals surface area contributed by atoms with E-state index >= 15 is 0 Å². The van der Waals surface area contributed by atoms with Crippen LogP contribution in [0.5, 0.6) is 0 Å². The molecule has 1 amide bonds. The van der Waals surface area contributed by atoms with Gasteiger partial charge in [-0.25, -0.2) is 9.78 Å². The highest BCUT2D eigenvalue weighted by Crippen LogP contribution is 2.20. The molecule has 1 aliphatic rings. The molecule has 0 saturated carbocycles. The minimum absolute atomic E-state index is 0.351. The number of aromatic nitrogens is 1. The maximum atomic E-state index is 12.4. The van der Waals surface area contributed by atoms with Gasteiger partial charge in [-0.1, -0.05) is 0 Å². The Kier molecular flexibility index (Phi) is 6.89.